The molecule has 0 fully saturated rings. The molecule has 0 aliphatic rings. The summed E-state index contributed by atoms with van der Waals surface area (Å²) < 4.78 is 30.7. The number of benzene rings is 2. The minimum Gasteiger partial charge on any atom is -0.289 e. The predicted molar refractivity (Wildman–Crippen MR) is 56.3 cm³/mol. The van der Waals surface area contributed by atoms with Gasteiger partial charge in [0.1, 0.15) is 0 Å². The summed E-state index contributed by atoms with van der Waals surface area (Å²) in [5.74, 6) is -0.610. The van der Waals surface area contributed by atoms with Gasteiger partial charge in [0.05, 0.1) is 5.48 Å². The van der Waals surface area contributed by atoms with Gasteiger partial charge in [0.2, 0.25) is 0 Å². The Morgan fingerprint density at radius 1 is 0.786 bits per heavy atom. The molecule has 0 bridgehead atoms. The summed E-state index contributed by atoms with van der Waals surface area (Å²) in [6, 6.07) is 8.48. The van der Waals surface area contributed by atoms with E-state index < -0.39 is 5.78 Å². The first kappa shape index (κ1) is 5.11. The molecule has 0 amide bonds. The van der Waals surface area contributed by atoms with Gasteiger partial charge < -0.3 is 0 Å². The number of carbonyl (C=O) groups excluding carboxylic acids is 1. The Labute approximate surface area is 88.6 Å². The molecule has 1 heteroatoms. The lowest BCUT2D eigenvalue weighted by Crippen LogP contribution is -1.99. The van der Waals surface area contributed by atoms with Gasteiger partial charge in [-0.25, -0.2) is 0 Å². The van der Waals surface area contributed by atoms with Crippen LogP contribution in [0.5, 0.6) is 0 Å². The molecule has 14 heavy (non-hydrogen) atoms. The molecule has 0 aliphatic heterocycles. The highest BCUT2D eigenvalue weighted by molar-refractivity contribution is 6.08. The molecule has 1 nitrogen and oxygen atoms in total. The molecule has 0 radical (unpaired) electrons. The first-order chi connectivity index (χ1) is 8.52. The van der Waals surface area contributed by atoms with E-state index in [4.69, 9.17) is 5.48 Å². The van der Waals surface area contributed by atoms with Gasteiger partial charge in [-0.1, -0.05) is 60.6 Å². The fourth-order valence-electron chi connectivity index (χ4n) is 1.09. The van der Waals surface area contributed by atoms with Crippen LogP contribution in [0, 0.1) is 0 Å². The average Bonchev–Trinajstić information content (AvgIpc) is 2.28. The van der Waals surface area contributed by atoms with E-state index in [2.05, 4.69) is 0 Å². The third-order valence-corrected chi connectivity index (χ3v) is 1.75. The van der Waals surface area contributed by atoms with Crippen molar-refractivity contribution in [3.63, 3.8) is 0 Å². The fraction of sp³-hybridized carbons (Fsp3) is 0. The third-order valence-electron chi connectivity index (χ3n) is 1.75. The molecule has 2 aromatic carbocycles. The molecule has 0 aromatic heterocycles. The minimum absolute atomic E-state index is 0.0600. The zero-order valence-electron chi connectivity index (χ0n) is 11.4. The van der Waals surface area contributed by atoms with Gasteiger partial charge in [-0.2, -0.15) is 0 Å². The summed E-state index contributed by atoms with van der Waals surface area (Å²) in [7, 11) is 0. The van der Waals surface area contributed by atoms with E-state index in [1.54, 1.807) is 0 Å². The minimum atomic E-state index is -0.610. The molecule has 68 valence electrons. The standard InChI is InChI=1S/C13H10O/c14-13(11-7-3-1-4-8-11)12-9-5-2-6-10-12/h1-10H/i7D,8D,9D,10D. The number of carbonyl (C=O) groups is 1. The molecule has 0 atom stereocenters. The first-order valence-electron chi connectivity index (χ1n) is 6.19. The van der Waals surface area contributed by atoms with Crippen molar-refractivity contribution >= 4 is 5.78 Å². The monoisotopic (exact) mass is 186 g/mol. The van der Waals surface area contributed by atoms with Crippen molar-refractivity contribution in [1.82, 2.24) is 0 Å². The van der Waals surface area contributed by atoms with Crippen molar-refractivity contribution in [3.05, 3.63) is 71.7 Å². The van der Waals surface area contributed by atoms with Crippen LogP contribution >= 0.6 is 0 Å². The van der Waals surface area contributed by atoms with Crippen molar-refractivity contribution in [2.75, 3.05) is 0 Å². The molecule has 0 N–H and O–H groups in total. The number of hydrogen-bond acceptors (Lipinski definition) is 1. The van der Waals surface area contributed by atoms with E-state index in [1.807, 2.05) is 0 Å². The molecule has 0 heterocycles. The van der Waals surface area contributed by atoms with Crippen LogP contribution < -0.4 is 0 Å². The first-order valence-corrected chi connectivity index (χ1v) is 4.19. The second kappa shape index (κ2) is 3.88. The molecular formula is C13H10O. The molecule has 0 saturated carbocycles. The molecule has 0 unspecified atom stereocenters. The largest absolute Gasteiger partial charge is 0.289 e. The highest BCUT2D eigenvalue weighted by Gasteiger charge is 2.06. The lowest BCUT2D eigenvalue weighted by Gasteiger charge is -1.99. The molecule has 2 aromatic rings. The van der Waals surface area contributed by atoms with Gasteiger partial charge in [-0.05, 0) is 0 Å². The van der Waals surface area contributed by atoms with Gasteiger partial charge in [0.15, 0.2) is 5.78 Å². The predicted octanol–water partition coefficient (Wildman–Crippen LogP) is 2.92. The van der Waals surface area contributed by atoms with Crippen LogP contribution in [0.3, 0.4) is 0 Å². The van der Waals surface area contributed by atoms with E-state index in [0.29, 0.717) is 0 Å². The van der Waals surface area contributed by atoms with Crippen LogP contribution in [0.4, 0.5) is 0 Å². The van der Waals surface area contributed by atoms with E-state index >= 15 is 0 Å². The quantitative estimate of drug-likeness (QED) is 0.659. The zero-order valence-corrected chi connectivity index (χ0v) is 7.37. The van der Waals surface area contributed by atoms with Gasteiger partial charge in [-0.15, -0.1) is 0 Å². The van der Waals surface area contributed by atoms with Crippen LogP contribution in [-0.4, -0.2) is 5.78 Å². The summed E-state index contributed by atoms with van der Waals surface area (Å²) >= 11 is 0. The van der Waals surface area contributed by atoms with Gasteiger partial charge in [0.25, 0.3) is 0 Å². The summed E-state index contributed by atoms with van der Waals surface area (Å²) in [6.07, 6.45) is 0. The van der Waals surface area contributed by atoms with E-state index in [1.165, 1.54) is 36.4 Å². The van der Waals surface area contributed by atoms with Crippen molar-refractivity contribution < 1.29 is 10.3 Å². The second-order valence-corrected chi connectivity index (χ2v) is 2.71. The molecule has 2 rings (SSSR count). The Bertz CT molecular complexity index is 528. The highest BCUT2D eigenvalue weighted by atomic mass is 16.1. The lowest BCUT2D eigenvalue weighted by atomic mass is 10.0. The Kier molecular flexibility index (Phi) is 1.41. The van der Waals surface area contributed by atoms with Crippen molar-refractivity contribution in [2.24, 2.45) is 0 Å². The normalized spacial score (nSPS) is 13.7. The summed E-state index contributed by atoms with van der Waals surface area (Å²) in [5.41, 5.74) is -0.128. The molecule has 0 saturated heterocycles. The smallest absolute Gasteiger partial charge is 0.193 e. The lowest BCUT2D eigenvalue weighted by molar-refractivity contribution is 0.103. The fourth-order valence-corrected chi connectivity index (χ4v) is 1.09. The van der Waals surface area contributed by atoms with E-state index in [9.17, 15) is 4.79 Å². The molecule has 0 aliphatic carbocycles. The van der Waals surface area contributed by atoms with Crippen LogP contribution in [0.15, 0.2) is 60.6 Å². The molecule has 0 spiro atoms. The van der Waals surface area contributed by atoms with Crippen molar-refractivity contribution in [3.8, 4) is 0 Å². The maximum absolute atomic E-state index is 12.2. The van der Waals surface area contributed by atoms with Crippen LogP contribution in [0.1, 0.15) is 21.4 Å². The Morgan fingerprint density at radius 3 is 1.50 bits per heavy atom. The maximum Gasteiger partial charge on any atom is 0.193 e. The van der Waals surface area contributed by atoms with Crippen LogP contribution in [0.25, 0.3) is 0 Å². The highest BCUT2D eigenvalue weighted by Crippen LogP contribution is 2.08. The summed E-state index contributed by atoms with van der Waals surface area (Å²) in [6.45, 7) is 0. The number of hydrogen-bond donors (Lipinski definition) is 0. The third kappa shape index (κ3) is 1.72. The summed E-state index contributed by atoms with van der Waals surface area (Å²) in [5, 5.41) is 0. The topological polar surface area (TPSA) is 17.1 Å². The average molecular weight is 186 g/mol. The van der Waals surface area contributed by atoms with Gasteiger partial charge in [0, 0.05) is 11.1 Å². The Morgan fingerprint density at radius 2 is 1.14 bits per heavy atom. The Balaban J connectivity index is 2.63. The van der Waals surface area contributed by atoms with Crippen molar-refractivity contribution in [2.45, 2.75) is 0 Å². The number of ketones is 1. The van der Waals surface area contributed by atoms with Gasteiger partial charge >= 0.3 is 0 Å². The number of rotatable bonds is 2. The van der Waals surface area contributed by atoms with Crippen LogP contribution in [-0.2, 0) is 0 Å². The van der Waals surface area contributed by atoms with Crippen molar-refractivity contribution in [1.29, 1.82) is 0 Å². The van der Waals surface area contributed by atoms with E-state index in [0.717, 1.165) is 0 Å². The zero-order chi connectivity index (χ0) is 13.3. The maximum atomic E-state index is 12.2. The van der Waals surface area contributed by atoms with Crippen LogP contribution in [0.2, 0.25) is 0 Å². The molecular weight excluding hydrogens is 172 g/mol. The van der Waals surface area contributed by atoms with Gasteiger partial charge in [-0.3, -0.25) is 4.79 Å². The Hall–Kier alpha value is -1.89. The summed E-state index contributed by atoms with van der Waals surface area (Å²) in [4.78, 5) is 12.2. The van der Waals surface area contributed by atoms with E-state index in [-0.39, 0.29) is 35.3 Å². The SMILES string of the molecule is [2H]c1cccc([2H])c1C(=O)c1c([2H])cccc1[2H]. The second-order valence-electron chi connectivity index (χ2n) is 2.71.